The van der Waals surface area contributed by atoms with Crippen LogP contribution in [0.2, 0.25) is 0 Å². The molecule has 0 unspecified atom stereocenters. The third-order valence-electron chi connectivity index (χ3n) is 4.90. The molecule has 0 radical (unpaired) electrons. The van der Waals surface area contributed by atoms with Gasteiger partial charge in [0, 0.05) is 38.2 Å². The van der Waals surface area contributed by atoms with Gasteiger partial charge in [-0.05, 0) is 26.7 Å². The SMILES string of the molecule is CC(=O)N(CC(=O)NC(C)C)C1CCN(c2cc(Nc3ncc(C#N)s3)ncn2)CC1. The molecule has 2 aromatic rings. The number of carbonyl (C=O) groups excluding carboxylic acids is 2. The number of hydrogen-bond acceptors (Lipinski definition) is 9. The highest BCUT2D eigenvalue weighted by atomic mass is 32.1. The monoisotopic (exact) mass is 442 g/mol. The standard InChI is InChI=1S/C20H26N8O2S/c1-13(2)25-19(30)11-28(14(3)29)15-4-6-27(7-5-15)18-8-17(23-12-24-18)26-20-22-10-16(9-21)31-20/h8,10,12-13,15H,4-7,11H2,1-3H3,(H,25,30)(H,22,23,24,26). The first-order valence-corrected chi connectivity index (χ1v) is 10.9. The van der Waals surface area contributed by atoms with Gasteiger partial charge < -0.3 is 20.4 Å². The molecule has 1 saturated heterocycles. The summed E-state index contributed by atoms with van der Waals surface area (Å²) >= 11 is 1.26. The summed E-state index contributed by atoms with van der Waals surface area (Å²) in [6, 6.07) is 3.96. The van der Waals surface area contributed by atoms with Gasteiger partial charge in [0.2, 0.25) is 11.8 Å². The minimum Gasteiger partial charge on any atom is -0.356 e. The predicted molar refractivity (Wildman–Crippen MR) is 118 cm³/mol. The van der Waals surface area contributed by atoms with Crippen molar-refractivity contribution >= 4 is 39.9 Å². The predicted octanol–water partition coefficient (Wildman–Crippen LogP) is 1.89. The van der Waals surface area contributed by atoms with Gasteiger partial charge in [-0.2, -0.15) is 5.26 Å². The normalized spacial score (nSPS) is 14.2. The summed E-state index contributed by atoms with van der Waals surface area (Å²) in [6.07, 6.45) is 4.50. The zero-order valence-electron chi connectivity index (χ0n) is 17.8. The van der Waals surface area contributed by atoms with Gasteiger partial charge >= 0.3 is 0 Å². The van der Waals surface area contributed by atoms with E-state index in [4.69, 9.17) is 5.26 Å². The summed E-state index contributed by atoms with van der Waals surface area (Å²) in [5.41, 5.74) is 0. The second kappa shape index (κ2) is 10.2. The second-order valence-electron chi connectivity index (χ2n) is 7.62. The van der Waals surface area contributed by atoms with Crippen molar-refractivity contribution in [2.75, 3.05) is 29.9 Å². The van der Waals surface area contributed by atoms with Gasteiger partial charge in [0.1, 0.15) is 28.9 Å². The molecule has 164 valence electrons. The van der Waals surface area contributed by atoms with Gasteiger partial charge in [0.05, 0.1) is 12.7 Å². The van der Waals surface area contributed by atoms with Crippen LogP contribution in [0.3, 0.4) is 0 Å². The summed E-state index contributed by atoms with van der Waals surface area (Å²) in [5, 5.41) is 15.5. The summed E-state index contributed by atoms with van der Waals surface area (Å²) < 4.78 is 0. The van der Waals surface area contributed by atoms with Crippen LogP contribution in [-0.2, 0) is 9.59 Å². The molecule has 0 saturated carbocycles. The Balaban J connectivity index is 1.60. The van der Waals surface area contributed by atoms with Crippen LogP contribution in [0.4, 0.5) is 16.8 Å². The number of nitriles is 1. The third-order valence-corrected chi connectivity index (χ3v) is 5.72. The Hall–Kier alpha value is -3.26. The fourth-order valence-electron chi connectivity index (χ4n) is 3.51. The number of anilines is 3. The molecule has 1 aliphatic rings. The maximum atomic E-state index is 12.1. The number of nitrogens with one attached hydrogen (secondary N) is 2. The van der Waals surface area contributed by atoms with E-state index in [2.05, 4.69) is 36.6 Å². The fourth-order valence-corrected chi connectivity index (χ4v) is 4.13. The van der Waals surface area contributed by atoms with E-state index < -0.39 is 0 Å². The fraction of sp³-hybridized carbons (Fsp3) is 0.500. The van der Waals surface area contributed by atoms with Crippen molar-refractivity contribution in [2.24, 2.45) is 0 Å². The molecule has 11 heteroatoms. The summed E-state index contributed by atoms with van der Waals surface area (Å²) in [6.45, 7) is 6.82. The summed E-state index contributed by atoms with van der Waals surface area (Å²) in [4.78, 5) is 41.4. The van der Waals surface area contributed by atoms with E-state index in [1.54, 1.807) is 4.90 Å². The Bertz CT molecular complexity index is 962. The Morgan fingerprint density at radius 3 is 2.68 bits per heavy atom. The number of rotatable bonds is 7. The Labute approximate surface area is 185 Å². The largest absolute Gasteiger partial charge is 0.356 e. The van der Waals surface area contributed by atoms with Gasteiger partial charge in [0.25, 0.3) is 0 Å². The molecule has 3 heterocycles. The van der Waals surface area contributed by atoms with Gasteiger partial charge in [0.15, 0.2) is 5.13 Å². The minimum absolute atomic E-state index is 0.0193. The van der Waals surface area contributed by atoms with Crippen LogP contribution in [0.25, 0.3) is 0 Å². The third kappa shape index (κ3) is 6.11. The molecule has 0 atom stereocenters. The lowest BCUT2D eigenvalue weighted by molar-refractivity contribution is -0.137. The van der Waals surface area contributed by atoms with Crippen LogP contribution in [0.15, 0.2) is 18.6 Å². The average Bonchev–Trinajstić information content (AvgIpc) is 3.19. The van der Waals surface area contributed by atoms with Gasteiger partial charge in [-0.1, -0.05) is 11.3 Å². The molecular weight excluding hydrogens is 416 g/mol. The first-order valence-electron chi connectivity index (χ1n) is 10.1. The molecular formula is C20H26N8O2S. The van der Waals surface area contributed by atoms with Crippen molar-refractivity contribution in [3.8, 4) is 6.07 Å². The second-order valence-corrected chi connectivity index (χ2v) is 8.65. The zero-order valence-corrected chi connectivity index (χ0v) is 18.6. The highest BCUT2D eigenvalue weighted by Crippen LogP contribution is 2.25. The highest BCUT2D eigenvalue weighted by Gasteiger charge is 2.28. The summed E-state index contributed by atoms with van der Waals surface area (Å²) in [7, 11) is 0. The van der Waals surface area contributed by atoms with E-state index in [9.17, 15) is 9.59 Å². The molecule has 0 bridgehead atoms. The lowest BCUT2D eigenvalue weighted by Crippen LogP contribution is -2.51. The van der Waals surface area contributed by atoms with Gasteiger partial charge in [-0.25, -0.2) is 15.0 Å². The molecule has 0 aliphatic carbocycles. The molecule has 1 fully saturated rings. The van der Waals surface area contributed by atoms with E-state index in [1.165, 1.54) is 30.8 Å². The van der Waals surface area contributed by atoms with Crippen LogP contribution in [-0.4, -0.2) is 63.4 Å². The van der Waals surface area contributed by atoms with E-state index in [0.717, 1.165) is 18.7 Å². The van der Waals surface area contributed by atoms with Gasteiger partial charge in [-0.3, -0.25) is 9.59 Å². The van der Waals surface area contributed by atoms with Crippen LogP contribution in [0.5, 0.6) is 0 Å². The average molecular weight is 443 g/mol. The summed E-state index contributed by atoms with van der Waals surface area (Å²) in [5.74, 6) is 1.15. The molecule has 2 N–H and O–H groups in total. The lowest BCUT2D eigenvalue weighted by Gasteiger charge is -2.38. The van der Waals surface area contributed by atoms with E-state index in [-0.39, 0.29) is 30.4 Å². The number of piperidine rings is 1. The van der Waals surface area contributed by atoms with Crippen molar-refractivity contribution in [3.05, 3.63) is 23.5 Å². The molecule has 3 rings (SSSR count). The van der Waals surface area contributed by atoms with Crippen molar-refractivity contribution < 1.29 is 9.59 Å². The highest BCUT2D eigenvalue weighted by molar-refractivity contribution is 7.16. The molecule has 0 aromatic carbocycles. The molecule has 2 amide bonds. The Morgan fingerprint density at radius 1 is 1.32 bits per heavy atom. The van der Waals surface area contributed by atoms with Crippen molar-refractivity contribution in [1.82, 2.24) is 25.2 Å². The first kappa shape index (κ1) is 22.4. The van der Waals surface area contributed by atoms with Crippen LogP contribution >= 0.6 is 11.3 Å². The van der Waals surface area contributed by atoms with Crippen LogP contribution in [0, 0.1) is 11.3 Å². The molecule has 0 spiro atoms. The minimum atomic E-state index is -0.138. The number of thiazole rings is 1. The molecule has 1 aliphatic heterocycles. The number of amides is 2. The molecule has 31 heavy (non-hydrogen) atoms. The first-order chi connectivity index (χ1) is 14.9. The Kier molecular flexibility index (Phi) is 7.36. The number of aromatic nitrogens is 3. The zero-order chi connectivity index (χ0) is 22.4. The lowest BCUT2D eigenvalue weighted by atomic mass is 10.0. The molecule has 10 nitrogen and oxygen atoms in total. The molecule has 2 aromatic heterocycles. The number of carbonyl (C=O) groups is 2. The Morgan fingerprint density at radius 2 is 2.06 bits per heavy atom. The number of hydrogen-bond donors (Lipinski definition) is 2. The van der Waals surface area contributed by atoms with Crippen molar-refractivity contribution in [1.29, 1.82) is 5.26 Å². The topological polar surface area (TPSA) is 127 Å². The smallest absolute Gasteiger partial charge is 0.239 e. The van der Waals surface area contributed by atoms with E-state index in [0.29, 0.717) is 28.9 Å². The number of nitrogens with zero attached hydrogens (tertiary/aromatic N) is 6. The van der Waals surface area contributed by atoms with E-state index in [1.807, 2.05) is 19.9 Å². The van der Waals surface area contributed by atoms with Crippen LogP contribution < -0.4 is 15.5 Å². The quantitative estimate of drug-likeness (QED) is 0.665. The van der Waals surface area contributed by atoms with Crippen molar-refractivity contribution in [2.45, 2.75) is 45.7 Å². The van der Waals surface area contributed by atoms with Crippen molar-refractivity contribution in [3.63, 3.8) is 0 Å². The van der Waals surface area contributed by atoms with Gasteiger partial charge in [-0.15, -0.1) is 0 Å². The maximum absolute atomic E-state index is 12.1. The van der Waals surface area contributed by atoms with E-state index >= 15 is 0 Å². The maximum Gasteiger partial charge on any atom is 0.239 e. The van der Waals surface area contributed by atoms with Crippen LogP contribution in [0.1, 0.15) is 38.5 Å².